The highest BCUT2D eigenvalue weighted by Gasteiger charge is 2.34. The molecule has 8 heteroatoms. The first kappa shape index (κ1) is 18.7. The molecule has 0 saturated heterocycles. The van der Waals surface area contributed by atoms with E-state index in [1.165, 1.54) is 6.33 Å². The van der Waals surface area contributed by atoms with Crippen LogP contribution in [0.2, 0.25) is 0 Å². The van der Waals surface area contributed by atoms with Crippen molar-refractivity contribution in [3.05, 3.63) is 73.2 Å². The monoisotopic (exact) mass is 413 g/mol. The third kappa shape index (κ3) is 3.14. The maximum atomic E-state index is 11.2. The molecule has 0 aliphatic carbocycles. The Morgan fingerprint density at radius 2 is 1.84 bits per heavy atom. The zero-order valence-electron chi connectivity index (χ0n) is 16.4. The fourth-order valence-electron chi connectivity index (χ4n) is 4.04. The first-order valence-electron chi connectivity index (χ1n) is 9.67. The fourth-order valence-corrected chi connectivity index (χ4v) is 4.04. The van der Waals surface area contributed by atoms with Crippen LogP contribution in [0.3, 0.4) is 0 Å². The predicted molar refractivity (Wildman–Crippen MR) is 118 cm³/mol. The normalized spacial score (nSPS) is 15.1. The summed E-state index contributed by atoms with van der Waals surface area (Å²) in [7, 11) is 0. The highest BCUT2D eigenvalue weighted by molar-refractivity contribution is 6.07. The summed E-state index contributed by atoms with van der Waals surface area (Å²) in [5.74, 6) is 1.81. The minimum atomic E-state index is -1.10. The molecule has 2 aromatic heterocycles. The molecule has 1 amide bonds. The van der Waals surface area contributed by atoms with E-state index in [0.29, 0.717) is 29.3 Å². The number of nitrogen functional groups attached to an aromatic ring is 1. The summed E-state index contributed by atoms with van der Waals surface area (Å²) in [5, 5.41) is 12.4. The van der Waals surface area contributed by atoms with Crippen molar-refractivity contribution in [1.29, 1.82) is 0 Å². The molecule has 1 unspecified atom stereocenters. The molecule has 4 N–H and O–H groups in total. The molecule has 4 aromatic rings. The van der Waals surface area contributed by atoms with Gasteiger partial charge in [-0.15, -0.1) is 0 Å². The largest absolute Gasteiger partial charge is 0.465 e. The van der Waals surface area contributed by atoms with Crippen molar-refractivity contribution in [2.24, 2.45) is 0 Å². The van der Waals surface area contributed by atoms with Gasteiger partial charge in [0.05, 0.1) is 17.1 Å². The van der Waals surface area contributed by atoms with Crippen molar-refractivity contribution in [1.82, 2.24) is 19.9 Å². The number of fused-ring (bicyclic) bond motifs is 3. The number of nitrogens with zero attached hydrogens (tertiary/aromatic N) is 3. The Morgan fingerprint density at radius 1 is 1.13 bits per heavy atom. The average Bonchev–Trinajstić information content (AvgIpc) is 3.25. The molecule has 2 aromatic carbocycles. The number of benzene rings is 2. The third-order valence-electron chi connectivity index (χ3n) is 5.38. The van der Waals surface area contributed by atoms with E-state index >= 15 is 0 Å². The van der Waals surface area contributed by atoms with E-state index in [4.69, 9.17) is 10.5 Å². The Hall–Kier alpha value is -4.33. The first-order valence-corrected chi connectivity index (χ1v) is 9.67. The second-order valence-electron chi connectivity index (χ2n) is 7.26. The number of para-hydroxylation sites is 1. The molecule has 0 saturated carbocycles. The number of hydrogen-bond donors (Lipinski definition) is 3. The van der Waals surface area contributed by atoms with Crippen LogP contribution >= 0.6 is 0 Å². The molecular formula is C23H19N5O3. The molecule has 8 nitrogen and oxygen atoms in total. The molecule has 0 bridgehead atoms. The Kier molecular flexibility index (Phi) is 4.32. The fraction of sp³-hybridized carbons (Fsp3) is 0.0870. The average molecular weight is 413 g/mol. The molecular weight excluding hydrogens is 394 g/mol. The number of nitrogens with two attached hydrogens (primary N) is 1. The second kappa shape index (κ2) is 7.17. The summed E-state index contributed by atoms with van der Waals surface area (Å²) in [5.41, 5.74) is 10.1. The van der Waals surface area contributed by atoms with E-state index in [2.05, 4.69) is 21.9 Å². The van der Waals surface area contributed by atoms with Gasteiger partial charge < -0.3 is 25.5 Å². The van der Waals surface area contributed by atoms with Gasteiger partial charge in [-0.2, -0.15) is 0 Å². The van der Waals surface area contributed by atoms with Crippen LogP contribution in [-0.2, 0) is 6.54 Å². The maximum absolute atomic E-state index is 11.2. The lowest BCUT2D eigenvalue weighted by Gasteiger charge is -2.12. The lowest BCUT2D eigenvalue weighted by Crippen LogP contribution is -2.33. The maximum Gasteiger partial charge on any atom is 0.405 e. The second-order valence-corrected chi connectivity index (χ2v) is 7.26. The van der Waals surface area contributed by atoms with E-state index in [9.17, 15) is 9.90 Å². The standard InChI is InChI=1S/C23H19N5O3/c1-13-17(27-23(29)30)11-28-20(13)18(19-21(24)25-12-26-22(19)28)14-7-9-16(10-8-14)31-15-5-3-2-4-6-15/h2-10,12,17,27H,1,11H2,(H,29,30)(H2,24,25,26). The van der Waals surface area contributed by atoms with Crippen molar-refractivity contribution in [3.63, 3.8) is 0 Å². The molecule has 3 heterocycles. The quantitative estimate of drug-likeness (QED) is 0.463. The number of amides is 1. The molecule has 1 atom stereocenters. The van der Waals surface area contributed by atoms with Gasteiger partial charge >= 0.3 is 6.09 Å². The van der Waals surface area contributed by atoms with Crippen LogP contribution in [-0.4, -0.2) is 31.8 Å². The molecule has 1 aliphatic rings. The van der Waals surface area contributed by atoms with Crippen LogP contribution in [0.4, 0.5) is 10.6 Å². The number of carboxylic acid groups (broad SMARTS) is 1. The summed E-state index contributed by atoms with van der Waals surface area (Å²) in [6, 6.07) is 16.7. The van der Waals surface area contributed by atoms with Crippen LogP contribution in [0.15, 0.2) is 67.5 Å². The van der Waals surface area contributed by atoms with Gasteiger partial charge in [0.1, 0.15) is 29.3 Å². The molecule has 1 aliphatic heterocycles. The number of aromatic nitrogens is 3. The van der Waals surface area contributed by atoms with Gasteiger partial charge in [0.2, 0.25) is 0 Å². The lowest BCUT2D eigenvalue weighted by molar-refractivity contribution is 0.192. The van der Waals surface area contributed by atoms with Crippen LogP contribution < -0.4 is 15.8 Å². The Morgan fingerprint density at radius 3 is 2.55 bits per heavy atom. The van der Waals surface area contributed by atoms with Crippen molar-refractivity contribution in [3.8, 4) is 22.6 Å². The number of rotatable bonds is 4. The number of hydrogen-bond acceptors (Lipinski definition) is 5. The van der Waals surface area contributed by atoms with Gasteiger partial charge in [0.15, 0.2) is 0 Å². The van der Waals surface area contributed by atoms with Crippen molar-refractivity contribution in [2.45, 2.75) is 12.6 Å². The summed E-state index contributed by atoms with van der Waals surface area (Å²) < 4.78 is 7.83. The Balaban J connectivity index is 1.60. The number of anilines is 1. The van der Waals surface area contributed by atoms with E-state index in [1.807, 2.05) is 59.2 Å². The highest BCUT2D eigenvalue weighted by Crippen LogP contribution is 2.44. The summed E-state index contributed by atoms with van der Waals surface area (Å²) in [6.45, 7) is 4.55. The Bertz CT molecular complexity index is 1310. The summed E-state index contributed by atoms with van der Waals surface area (Å²) >= 11 is 0. The lowest BCUT2D eigenvalue weighted by atomic mass is 9.98. The zero-order valence-corrected chi connectivity index (χ0v) is 16.4. The minimum absolute atomic E-state index is 0.363. The molecule has 154 valence electrons. The van der Waals surface area contributed by atoms with Crippen LogP contribution in [0, 0.1) is 0 Å². The number of ether oxygens (including phenoxy) is 1. The molecule has 31 heavy (non-hydrogen) atoms. The van der Waals surface area contributed by atoms with Crippen molar-refractivity contribution in [2.75, 3.05) is 5.73 Å². The van der Waals surface area contributed by atoms with E-state index < -0.39 is 12.1 Å². The van der Waals surface area contributed by atoms with Crippen LogP contribution in [0.1, 0.15) is 5.69 Å². The third-order valence-corrected chi connectivity index (χ3v) is 5.38. The predicted octanol–water partition coefficient (Wildman–Crippen LogP) is 4.14. The zero-order chi connectivity index (χ0) is 21.5. The minimum Gasteiger partial charge on any atom is -0.465 e. The Labute approximate surface area is 177 Å². The first-order chi connectivity index (χ1) is 15.0. The van der Waals surface area contributed by atoms with Gasteiger partial charge in [0.25, 0.3) is 0 Å². The van der Waals surface area contributed by atoms with E-state index in [-0.39, 0.29) is 0 Å². The van der Waals surface area contributed by atoms with Crippen molar-refractivity contribution >= 4 is 28.5 Å². The number of carbonyl (C=O) groups is 1. The molecule has 0 fully saturated rings. The smallest absolute Gasteiger partial charge is 0.405 e. The SMILES string of the molecule is C=C1c2c(-c3ccc(Oc4ccccc4)cc3)c3c(N)ncnc3n2CC1NC(=O)O. The molecule has 0 radical (unpaired) electrons. The van der Waals surface area contributed by atoms with Gasteiger partial charge in [-0.25, -0.2) is 14.8 Å². The van der Waals surface area contributed by atoms with Gasteiger partial charge in [-0.3, -0.25) is 0 Å². The summed E-state index contributed by atoms with van der Waals surface area (Å²) in [6.07, 6.45) is 0.311. The van der Waals surface area contributed by atoms with Gasteiger partial charge in [-0.05, 0) is 35.4 Å². The topological polar surface area (TPSA) is 115 Å². The molecule has 5 rings (SSSR count). The van der Waals surface area contributed by atoms with Gasteiger partial charge in [0, 0.05) is 12.1 Å². The summed E-state index contributed by atoms with van der Waals surface area (Å²) in [4.78, 5) is 19.8. The molecule has 0 spiro atoms. The van der Waals surface area contributed by atoms with E-state index in [1.54, 1.807) is 0 Å². The van der Waals surface area contributed by atoms with Crippen LogP contribution in [0.5, 0.6) is 11.5 Å². The van der Waals surface area contributed by atoms with Crippen LogP contribution in [0.25, 0.3) is 27.7 Å². The van der Waals surface area contributed by atoms with E-state index in [0.717, 1.165) is 28.0 Å². The number of nitrogens with one attached hydrogen (secondary N) is 1. The van der Waals surface area contributed by atoms with Gasteiger partial charge in [-0.1, -0.05) is 36.9 Å². The van der Waals surface area contributed by atoms with Crippen molar-refractivity contribution < 1.29 is 14.6 Å². The highest BCUT2D eigenvalue weighted by atomic mass is 16.5.